The molecule has 0 aliphatic carbocycles. The molecule has 0 radical (unpaired) electrons. The lowest BCUT2D eigenvalue weighted by atomic mass is 10.0. The molecular weight excluding hydrogens is 553 g/mol. The molecule has 1 saturated heterocycles. The molecule has 3 amide bonds. The average molecular weight is 579 g/mol. The SMILES string of the molecule is CC(C)c1ccccc1N1C(=O)CSC1=NC(=O)Nc1ccc(-c2ncn(Cc3ccc(C(F)(F)F)cc3)n2)cc1. The highest BCUT2D eigenvalue weighted by Gasteiger charge is 2.32. The number of benzene rings is 3. The Morgan fingerprint density at radius 1 is 1.05 bits per heavy atom. The van der Waals surface area contributed by atoms with E-state index < -0.39 is 17.8 Å². The van der Waals surface area contributed by atoms with E-state index in [1.807, 2.05) is 38.1 Å². The van der Waals surface area contributed by atoms with Crippen molar-refractivity contribution in [3.63, 3.8) is 0 Å². The first kappa shape index (κ1) is 28.1. The number of urea groups is 1. The topological polar surface area (TPSA) is 92.5 Å². The largest absolute Gasteiger partial charge is 0.416 e. The number of halogens is 3. The Hall–Kier alpha value is -4.45. The molecule has 2 heterocycles. The number of para-hydroxylation sites is 1. The number of hydrogen-bond acceptors (Lipinski definition) is 5. The van der Waals surface area contributed by atoms with Gasteiger partial charge in [-0.2, -0.15) is 23.3 Å². The molecule has 8 nitrogen and oxygen atoms in total. The van der Waals surface area contributed by atoms with Crippen molar-refractivity contribution >= 4 is 40.2 Å². The second kappa shape index (κ2) is 11.6. The third-order valence-electron chi connectivity index (χ3n) is 6.32. The van der Waals surface area contributed by atoms with Gasteiger partial charge in [0.1, 0.15) is 6.33 Å². The van der Waals surface area contributed by atoms with Gasteiger partial charge in [0.2, 0.25) is 5.91 Å². The van der Waals surface area contributed by atoms with Crippen molar-refractivity contribution in [2.24, 2.45) is 4.99 Å². The van der Waals surface area contributed by atoms with Crippen LogP contribution in [0.3, 0.4) is 0 Å². The number of aromatic nitrogens is 3. The predicted molar refractivity (Wildman–Crippen MR) is 153 cm³/mol. The number of nitrogens with one attached hydrogen (secondary N) is 1. The fourth-order valence-electron chi connectivity index (χ4n) is 4.29. The fraction of sp³-hybridized carbons (Fsp3) is 0.207. The van der Waals surface area contributed by atoms with Crippen LogP contribution in [0.15, 0.2) is 84.1 Å². The van der Waals surface area contributed by atoms with Crippen molar-refractivity contribution in [3.05, 3.63) is 95.8 Å². The maximum absolute atomic E-state index is 12.8. The number of hydrogen-bond donors (Lipinski definition) is 1. The molecule has 1 aliphatic rings. The summed E-state index contributed by atoms with van der Waals surface area (Å²) in [5.74, 6) is 0.676. The van der Waals surface area contributed by atoms with Crippen LogP contribution >= 0.6 is 11.8 Å². The van der Waals surface area contributed by atoms with Crippen molar-refractivity contribution in [2.45, 2.75) is 32.5 Å². The number of alkyl halides is 3. The minimum atomic E-state index is -4.38. The number of anilines is 2. The molecule has 0 atom stereocenters. The van der Waals surface area contributed by atoms with Crippen molar-refractivity contribution in [1.29, 1.82) is 0 Å². The van der Waals surface area contributed by atoms with Crippen LogP contribution in [-0.4, -0.2) is 37.6 Å². The minimum Gasteiger partial charge on any atom is -0.306 e. The van der Waals surface area contributed by atoms with E-state index in [9.17, 15) is 22.8 Å². The molecule has 0 bridgehead atoms. The quantitative estimate of drug-likeness (QED) is 0.272. The van der Waals surface area contributed by atoms with Gasteiger partial charge in [0.05, 0.1) is 23.5 Å². The Morgan fingerprint density at radius 3 is 2.44 bits per heavy atom. The second-order valence-corrected chi connectivity index (χ2v) is 10.5. The molecule has 41 heavy (non-hydrogen) atoms. The molecule has 1 aliphatic heterocycles. The van der Waals surface area contributed by atoms with Gasteiger partial charge in [0.25, 0.3) is 0 Å². The summed E-state index contributed by atoms with van der Waals surface area (Å²) in [6, 6.07) is 18.7. The molecule has 3 aromatic carbocycles. The summed E-state index contributed by atoms with van der Waals surface area (Å²) in [5, 5.41) is 7.44. The van der Waals surface area contributed by atoms with E-state index >= 15 is 0 Å². The highest BCUT2D eigenvalue weighted by molar-refractivity contribution is 8.15. The Morgan fingerprint density at radius 2 is 1.76 bits per heavy atom. The first-order valence-corrected chi connectivity index (χ1v) is 13.7. The predicted octanol–water partition coefficient (Wildman–Crippen LogP) is 6.80. The van der Waals surface area contributed by atoms with E-state index in [2.05, 4.69) is 20.4 Å². The fourth-order valence-corrected chi connectivity index (χ4v) is 5.15. The summed E-state index contributed by atoms with van der Waals surface area (Å²) >= 11 is 1.21. The maximum atomic E-state index is 12.8. The van der Waals surface area contributed by atoms with E-state index in [-0.39, 0.29) is 24.1 Å². The molecule has 5 rings (SSSR count). The van der Waals surface area contributed by atoms with Gasteiger partial charge in [-0.05, 0) is 59.5 Å². The number of nitrogens with zero attached hydrogens (tertiary/aromatic N) is 5. The third kappa shape index (κ3) is 6.49. The van der Waals surface area contributed by atoms with Crippen LogP contribution in [0, 0.1) is 0 Å². The highest BCUT2D eigenvalue weighted by atomic mass is 32.2. The van der Waals surface area contributed by atoms with Crippen LogP contribution in [0.2, 0.25) is 0 Å². The van der Waals surface area contributed by atoms with Gasteiger partial charge in [0.15, 0.2) is 11.0 Å². The Kier molecular flexibility index (Phi) is 7.93. The molecular formula is C29H25F3N6O2S. The van der Waals surface area contributed by atoms with Gasteiger partial charge in [-0.25, -0.2) is 14.5 Å². The van der Waals surface area contributed by atoms with Crippen LogP contribution < -0.4 is 10.2 Å². The van der Waals surface area contributed by atoms with Crippen molar-refractivity contribution < 1.29 is 22.8 Å². The smallest absolute Gasteiger partial charge is 0.306 e. The molecule has 1 fully saturated rings. The van der Waals surface area contributed by atoms with Crippen molar-refractivity contribution in [3.8, 4) is 11.4 Å². The third-order valence-corrected chi connectivity index (χ3v) is 7.24. The number of rotatable bonds is 6. The first-order valence-electron chi connectivity index (χ1n) is 12.7. The van der Waals surface area contributed by atoms with Gasteiger partial charge in [-0.15, -0.1) is 0 Å². The lowest BCUT2D eigenvalue weighted by Gasteiger charge is -2.21. The molecule has 0 saturated carbocycles. The Balaban J connectivity index is 1.24. The summed E-state index contributed by atoms with van der Waals surface area (Å²) in [4.78, 5) is 35.3. The second-order valence-electron chi connectivity index (χ2n) is 9.59. The zero-order valence-corrected chi connectivity index (χ0v) is 22.9. The van der Waals surface area contributed by atoms with E-state index in [1.54, 1.807) is 24.3 Å². The van der Waals surface area contributed by atoms with Crippen LogP contribution in [0.25, 0.3) is 11.4 Å². The lowest BCUT2D eigenvalue weighted by molar-refractivity contribution is -0.137. The summed E-state index contributed by atoms with van der Waals surface area (Å²) < 4.78 is 39.9. The number of carbonyl (C=O) groups is 2. The Labute approximate surface area is 238 Å². The normalized spacial score (nSPS) is 14.7. The van der Waals surface area contributed by atoms with Gasteiger partial charge in [0, 0.05) is 11.3 Å². The molecule has 0 unspecified atom stereocenters. The van der Waals surface area contributed by atoms with Crippen LogP contribution in [0.4, 0.5) is 29.3 Å². The molecule has 4 aromatic rings. The van der Waals surface area contributed by atoms with E-state index in [1.165, 1.54) is 39.8 Å². The van der Waals surface area contributed by atoms with Gasteiger partial charge < -0.3 is 5.32 Å². The van der Waals surface area contributed by atoms with Crippen molar-refractivity contribution in [2.75, 3.05) is 16.0 Å². The number of amidine groups is 1. The number of carbonyl (C=O) groups excluding carboxylic acids is 2. The van der Waals surface area contributed by atoms with Crippen LogP contribution in [0.5, 0.6) is 0 Å². The standard InChI is InChI=1S/C29H25F3N6O2S/c1-18(2)23-5-3-4-6-24(23)38-25(39)16-41-28(38)35-27(40)34-22-13-9-20(10-14-22)26-33-17-37(36-26)15-19-7-11-21(12-8-19)29(30,31)32/h3-14,17-18H,15-16H2,1-2H3,(H,34,40). The zero-order valence-electron chi connectivity index (χ0n) is 22.1. The maximum Gasteiger partial charge on any atom is 0.416 e. The molecule has 1 aromatic heterocycles. The minimum absolute atomic E-state index is 0.135. The number of amides is 3. The molecule has 1 N–H and O–H groups in total. The van der Waals surface area contributed by atoms with E-state index in [0.717, 1.165) is 23.4 Å². The zero-order chi connectivity index (χ0) is 29.1. The number of thioether (sulfide) groups is 1. The van der Waals surface area contributed by atoms with Gasteiger partial charge in [-0.3, -0.25) is 9.69 Å². The van der Waals surface area contributed by atoms with E-state index in [4.69, 9.17) is 0 Å². The molecule has 12 heteroatoms. The summed E-state index contributed by atoms with van der Waals surface area (Å²) in [6.07, 6.45) is -2.88. The van der Waals surface area contributed by atoms with Crippen LogP contribution in [0.1, 0.15) is 36.5 Å². The van der Waals surface area contributed by atoms with E-state index in [0.29, 0.717) is 27.8 Å². The first-order chi connectivity index (χ1) is 19.6. The summed E-state index contributed by atoms with van der Waals surface area (Å²) in [6.45, 7) is 4.34. The molecule has 0 spiro atoms. The monoisotopic (exact) mass is 578 g/mol. The van der Waals surface area contributed by atoms with Gasteiger partial charge >= 0.3 is 12.2 Å². The van der Waals surface area contributed by atoms with Crippen LogP contribution in [-0.2, 0) is 17.5 Å². The van der Waals surface area contributed by atoms with Crippen molar-refractivity contribution in [1.82, 2.24) is 14.8 Å². The van der Waals surface area contributed by atoms with Gasteiger partial charge in [-0.1, -0.05) is 55.9 Å². The average Bonchev–Trinajstić information content (AvgIpc) is 3.55. The highest BCUT2D eigenvalue weighted by Crippen LogP contribution is 2.33. The summed E-state index contributed by atoms with van der Waals surface area (Å²) in [7, 11) is 0. The summed E-state index contributed by atoms with van der Waals surface area (Å²) in [5.41, 5.74) is 2.84. The lowest BCUT2D eigenvalue weighted by Crippen LogP contribution is -2.31. The molecule has 210 valence electrons. The number of aliphatic imine (C=N–C) groups is 1. The Bertz CT molecular complexity index is 1600.